The largest absolute Gasteiger partial charge is 0.456 e. The lowest BCUT2D eigenvalue weighted by molar-refractivity contribution is -0.254. The van der Waals surface area contributed by atoms with E-state index in [2.05, 4.69) is 16.1 Å². The molecule has 0 amide bonds. The van der Waals surface area contributed by atoms with Gasteiger partial charge in [-0.05, 0) is 0 Å². The molecule has 4 heteroatoms. The smallest absolute Gasteiger partial charge is 0.330 e. The Labute approximate surface area is 63.8 Å². The van der Waals surface area contributed by atoms with E-state index in [-0.39, 0.29) is 13.0 Å². The summed E-state index contributed by atoms with van der Waals surface area (Å²) in [5, 5.41) is 0. The van der Waals surface area contributed by atoms with E-state index in [0.717, 1.165) is 6.08 Å². The zero-order valence-corrected chi connectivity index (χ0v) is 6.01. The van der Waals surface area contributed by atoms with Gasteiger partial charge in [0.1, 0.15) is 0 Å². The molecule has 0 saturated carbocycles. The maximum absolute atomic E-state index is 12.9. The van der Waals surface area contributed by atoms with Gasteiger partial charge in [-0.15, -0.1) is 0 Å². The molecule has 3 nitrogen and oxygen atoms in total. The molecule has 0 spiro atoms. The molecular weight excluding hydrogens is 151 g/mol. The average Bonchev–Trinajstić information content (AvgIpc) is 1.96. The summed E-state index contributed by atoms with van der Waals surface area (Å²) in [4.78, 5) is 10.4. The quantitative estimate of drug-likeness (QED) is 0.452. The number of alkyl halides is 1. The number of carbonyl (C=O) groups excluding carboxylic acids is 1. The van der Waals surface area contributed by atoms with E-state index in [1.165, 1.54) is 0 Å². The number of halogens is 1. The predicted molar refractivity (Wildman–Crippen MR) is 35.6 cm³/mol. The lowest BCUT2D eigenvalue weighted by atomic mass is 10.2. The Morgan fingerprint density at radius 3 is 2.91 bits per heavy atom. The number of carbonyl (C=O) groups is 1. The number of esters is 1. The Morgan fingerprint density at radius 1 is 1.91 bits per heavy atom. The summed E-state index contributed by atoms with van der Waals surface area (Å²) in [6.07, 6.45) is 1.28. The summed E-state index contributed by atoms with van der Waals surface area (Å²) in [7, 11) is 0. The number of ether oxygens (including phenoxy) is 2. The van der Waals surface area contributed by atoms with Crippen LogP contribution in [0.25, 0.3) is 0 Å². The molecule has 1 aliphatic heterocycles. The summed E-state index contributed by atoms with van der Waals surface area (Å²) < 4.78 is 21.8. The van der Waals surface area contributed by atoms with Crippen molar-refractivity contribution in [3.8, 4) is 0 Å². The molecule has 1 unspecified atom stereocenters. The summed E-state index contributed by atoms with van der Waals surface area (Å²) in [6, 6.07) is 0. The topological polar surface area (TPSA) is 35.5 Å². The number of hydrogen-bond donors (Lipinski definition) is 0. The van der Waals surface area contributed by atoms with E-state index in [1.807, 2.05) is 0 Å². The highest BCUT2D eigenvalue weighted by Crippen LogP contribution is 2.27. The lowest BCUT2D eigenvalue weighted by Crippen LogP contribution is -2.43. The molecule has 1 saturated heterocycles. The van der Waals surface area contributed by atoms with Gasteiger partial charge in [0.2, 0.25) is 5.85 Å². The van der Waals surface area contributed by atoms with Crippen molar-refractivity contribution in [2.45, 2.75) is 12.3 Å². The minimum absolute atomic E-state index is 0.289. The summed E-state index contributed by atoms with van der Waals surface area (Å²) >= 11 is 0. The Kier molecular flexibility index (Phi) is 2.24. The van der Waals surface area contributed by atoms with Gasteiger partial charge in [-0.25, -0.2) is 9.18 Å². The minimum Gasteiger partial charge on any atom is -0.456 e. The van der Waals surface area contributed by atoms with Crippen molar-refractivity contribution in [2.75, 3.05) is 13.2 Å². The van der Waals surface area contributed by atoms with Gasteiger partial charge in [0.05, 0.1) is 6.61 Å². The van der Waals surface area contributed by atoms with E-state index < -0.39 is 11.8 Å². The third kappa shape index (κ3) is 2.01. The van der Waals surface area contributed by atoms with Crippen molar-refractivity contribution < 1.29 is 18.7 Å². The predicted octanol–water partition coefficient (Wildman–Crippen LogP) is 0.802. The first kappa shape index (κ1) is 8.20. The lowest BCUT2D eigenvalue weighted by Gasteiger charge is -2.32. The molecule has 11 heavy (non-hydrogen) atoms. The standard InChI is InChI=1S/C7H9FO3/c1-2-6(9)10-5-7(8)3-4-11-7/h2H,1,3-5H2. The second-order valence-corrected chi connectivity index (χ2v) is 2.29. The van der Waals surface area contributed by atoms with Crippen LogP contribution in [0, 0.1) is 0 Å². The van der Waals surface area contributed by atoms with Crippen molar-refractivity contribution in [1.82, 2.24) is 0 Å². The molecule has 0 aliphatic carbocycles. The van der Waals surface area contributed by atoms with Gasteiger partial charge in [-0.1, -0.05) is 6.58 Å². The van der Waals surface area contributed by atoms with Gasteiger partial charge in [0.15, 0.2) is 6.61 Å². The van der Waals surface area contributed by atoms with Gasteiger partial charge in [0.25, 0.3) is 0 Å². The van der Waals surface area contributed by atoms with Crippen LogP contribution < -0.4 is 0 Å². The molecule has 0 aromatic heterocycles. The SMILES string of the molecule is C=CC(=O)OCC1(F)CCO1. The fourth-order valence-corrected chi connectivity index (χ4v) is 0.675. The molecule has 1 fully saturated rings. The Balaban J connectivity index is 2.21. The fraction of sp³-hybridized carbons (Fsp3) is 0.571. The molecule has 0 aromatic carbocycles. The molecule has 62 valence electrons. The second-order valence-electron chi connectivity index (χ2n) is 2.29. The van der Waals surface area contributed by atoms with Crippen LogP contribution in [0.1, 0.15) is 6.42 Å². The van der Waals surface area contributed by atoms with Gasteiger partial charge in [-0.2, -0.15) is 0 Å². The minimum atomic E-state index is -1.74. The van der Waals surface area contributed by atoms with Gasteiger partial charge < -0.3 is 9.47 Å². The van der Waals surface area contributed by atoms with Crippen LogP contribution in [0.2, 0.25) is 0 Å². The summed E-state index contributed by atoms with van der Waals surface area (Å²) in [5.41, 5.74) is 0. The van der Waals surface area contributed by atoms with Crippen LogP contribution in [0.15, 0.2) is 12.7 Å². The Hall–Kier alpha value is -0.900. The normalized spacial score (nSPS) is 28.8. The number of hydrogen-bond acceptors (Lipinski definition) is 3. The third-order valence-corrected chi connectivity index (χ3v) is 1.43. The fourth-order valence-electron chi connectivity index (χ4n) is 0.675. The van der Waals surface area contributed by atoms with Crippen LogP contribution in [0.3, 0.4) is 0 Å². The molecular formula is C7H9FO3. The highest BCUT2D eigenvalue weighted by atomic mass is 19.2. The van der Waals surface area contributed by atoms with Crippen molar-refractivity contribution in [3.05, 3.63) is 12.7 Å². The average molecular weight is 160 g/mol. The van der Waals surface area contributed by atoms with Crippen LogP contribution in [-0.2, 0) is 14.3 Å². The van der Waals surface area contributed by atoms with Crippen molar-refractivity contribution in [3.63, 3.8) is 0 Å². The van der Waals surface area contributed by atoms with E-state index in [9.17, 15) is 9.18 Å². The van der Waals surface area contributed by atoms with Crippen LogP contribution in [0.4, 0.5) is 4.39 Å². The maximum Gasteiger partial charge on any atom is 0.330 e. The molecule has 1 heterocycles. The van der Waals surface area contributed by atoms with Crippen LogP contribution in [0.5, 0.6) is 0 Å². The molecule has 0 bridgehead atoms. The Bertz CT molecular complexity index is 175. The molecule has 0 aromatic rings. The van der Waals surface area contributed by atoms with E-state index in [0.29, 0.717) is 6.61 Å². The van der Waals surface area contributed by atoms with Crippen LogP contribution >= 0.6 is 0 Å². The monoisotopic (exact) mass is 160 g/mol. The van der Waals surface area contributed by atoms with E-state index in [4.69, 9.17) is 0 Å². The van der Waals surface area contributed by atoms with Gasteiger partial charge in [0, 0.05) is 12.5 Å². The molecule has 1 atom stereocenters. The van der Waals surface area contributed by atoms with Crippen LogP contribution in [-0.4, -0.2) is 25.0 Å². The second kappa shape index (κ2) is 3.00. The van der Waals surface area contributed by atoms with E-state index >= 15 is 0 Å². The first-order valence-electron chi connectivity index (χ1n) is 3.28. The highest BCUT2D eigenvalue weighted by molar-refractivity contribution is 5.81. The first-order valence-corrected chi connectivity index (χ1v) is 3.28. The third-order valence-electron chi connectivity index (χ3n) is 1.43. The molecule has 0 radical (unpaired) electrons. The molecule has 1 rings (SSSR count). The number of rotatable bonds is 3. The maximum atomic E-state index is 12.9. The molecule has 1 aliphatic rings. The summed E-state index contributed by atoms with van der Waals surface area (Å²) in [5.74, 6) is -2.36. The first-order chi connectivity index (χ1) is 5.16. The van der Waals surface area contributed by atoms with Crippen molar-refractivity contribution in [2.24, 2.45) is 0 Å². The van der Waals surface area contributed by atoms with Crippen molar-refractivity contribution in [1.29, 1.82) is 0 Å². The zero-order valence-electron chi connectivity index (χ0n) is 6.01. The zero-order chi connectivity index (χ0) is 8.32. The van der Waals surface area contributed by atoms with E-state index in [1.54, 1.807) is 0 Å². The van der Waals surface area contributed by atoms with Gasteiger partial charge >= 0.3 is 5.97 Å². The summed E-state index contributed by atoms with van der Waals surface area (Å²) in [6.45, 7) is 3.22. The molecule has 0 N–H and O–H groups in total. The van der Waals surface area contributed by atoms with Gasteiger partial charge in [-0.3, -0.25) is 0 Å². The van der Waals surface area contributed by atoms with Crippen molar-refractivity contribution >= 4 is 5.97 Å². The Morgan fingerprint density at radius 2 is 2.55 bits per heavy atom. The highest BCUT2D eigenvalue weighted by Gasteiger charge is 2.39.